The van der Waals surface area contributed by atoms with Gasteiger partial charge in [-0.05, 0) is 17.5 Å². The van der Waals surface area contributed by atoms with E-state index in [1.165, 1.54) is 6.07 Å². The molecule has 0 fully saturated rings. The molecule has 0 aliphatic rings. The van der Waals surface area contributed by atoms with Gasteiger partial charge in [0.1, 0.15) is 12.4 Å². The Labute approximate surface area is 96.2 Å². The molecule has 0 aliphatic carbocycles. The summed E-state index contributed by atoms with van der Waals surface area (Å²) < 4.78 is 18.2. The highest BCUT2D eigenvalue weighted by Gasteiger charge is 2.06. The molecule has 0 unspecified atom stereocenters. The van der Waals surface area contributed by atoms with E-state index in [2.05, 4.69) is 4.98 Å². The lowest BCUT2D eigenvalue weighted by Crippen LogP contribution is -2.00. The van der Waals surface area contributed by atoms with Crippen LogP contribution in [0.3, 0.4) is 0 Å². The van der Waals surface area contributed by atoms with Crippen molar-refractivity contribution in [3.63, 3.8) is 0 Å². The zero-order chi connectivity index (χ0) is 11.4. The Bertz CT molecular complexity index is 459. The second-order valence-electron chi connectivity index (χ2n) is 3.14. The third-order valence-electron chi connectivity index (χ3n) is 1.99. The first-order valence-electron chi connectivity index (χ1n) is 4.70. The lowest BCUT2D eigenvalue weighted by molar-refractivity contribution is 0.252. The molecule has 0 spiro atoms. The van der Waals surface area contributed by atoms with Crippen LogP contribution in [-0.4, -0.2) is 10.1 Å². The first-order valence-corrected chi connectivity index (χ1v) is 5.58. The van der Waals surface area contributed by atoms with Gasteiger partial charge in [0.05, 0.1) is 12.8 Å². The van der Waals surface area contributed by atoms with Crippen molar-refractivity contribution in [2.75, 3.05) is 0 Å². The zero-order valence-corrected chi connectivity index (χ0v) is 9.21. The van der Waals surface area contributed by atoms with E-state index < -0.39 is 5.82 Å². The number of halogens is 1. The highest BCUT2D eigenvalue weighted by molar-refractivity contribution is 7.09. The fraction of sp³-hybridized carbons (Fsp3) is 0.182. The Morgan fingerprint density at radius 1 is 1.50 bits per heavy atom. The molecular formula is C11H10FNO2S. The Morgan fingerprint density at radius 3 is 3.06 bits per heavy atom. The summed E-state index contributed by atoms with van der Waals surface area (Å²) in [6.45, 7) is 0.0911. The summed E-state index contributed by atoms with van der Waals surface area (Å²) in [6, 6.07) is 5.08. The zero-order valence-electron chi connectivity index (χ0n) is 8.39. The first kappa shape index (κ1) is 11.0. The number of pyridine rings is 1. The molecule has 0 radical (unpaired) electrons. The van der Waals surface area contributed by atoms with Gasteiger partial charge < -0.3 is 9.84 Å². The van der Waals surface area contributed by atoms with E-state index in [4.69, 9.17) is 9.84 Å². The number of nitrogens with zero attached hydrogens (tertiary/aromatic N) is 1. The Morgan fingerprint density at radius 2 is 2.38 bits per heavy atom. The van der Waals surface area contributed by atoms with Crippen molar-refractivity contribution in [2.24, 2.45) is 0 Å². The van der Waals surface area contributed by atoms with Crippen LogP contribution >= 0.6 is 11.3 Å². The van der Waals surface area contributed by atoms with E-state index in [9.17, 15) is 4.39 Å². The van der Waals surface area contributed by atoms with Crippen LogP contribution in [0.4, 0.5) is 4.39 Å². The summed E-state index contributed by atoms with van der Waals surface area (Å²) in [5.74, 6) is -0.204. The maximum atomic E-state index is 12.8. The molecule has 0 saturated heterocycles. The molecule has 0 aromatic carbocycles. The lowest BCUT2D eigenvalue weighted by atomic mass is 10.3. The average Bonchev–Trinajstić information content (AvgIpc) is 2.80. The highest BCUT2D eigenvalue weighted by Crippen LogP contribution is 2.18. The van der Waals surface area contributed by atoms with Gasteiger partial charge in [-0.25, -0.2) is 9.37 Å². The van der Waals surface area contributed by atoms with Crippen molar-refractivity contribution in [3.8, 4) is 5.88 Å². The summed E-state index contributed by atoms with van der Waals surface area (Å²) >= 11 is 1.57. The van der Waals surface area contributed by atoms with Crippen molar-refractivity contribution in [1.29, 1.82) is 0 Å². The molecule has 0 saturated carbocycles. The fourth-order valence-corrected chi connectivity index (χ4v) is 1.86. The molecule has 5 heteroatoms. The second kappa shape index (κ2) is 5.05. The van der Waals surface area contributed by atoms with Gasteiger partial charge in [-0.3, -0.25) is 0 Å². The maximum absolute atomic E-state index is 12.8. The van der Waals surface area contributed by atoms with E-state index in [0.717, 1.165) is 11.1 Å². The van der Waals surface area contributed by atoms with Crippen LogP contribution in [0.25, 0.3) is 0 Å². The van der Waals surface area contributed by atoms with Crippen molar-refractivity contribution in [1.82, 2.24) is 4.98 Å². The standard InChI is InChI=1S/C11H10FNO2S/c12-9-4-8(6-14)11(13-5-9)15-7-10-2-1-3-16-10/h1-5,14H,6-7H2. The van der Waals surface area contributed by atoms with Crippen LogP contribution in [0.5, 0.6) is 5.88 Å². The van der Waals surface area contributed by atoms with E-state index in [1.54, 1.807) is 11.3 Å². The highest BCUT2D eigenvalue weighted by atomic mass is 32.1. The summed E-state index contributed by atoms with van der Waals surface area (Å²) in [7, 11) is 0. The monoisotopic (exact) mass is 239 g/mol. The molecule has 2 rings (SSSR count). The normalized spacial score (nSPS) is 10.4. The first-order chi connectivity index (χ1) is 7.79. The van der Waals surface area contributed by atoms with Crippen LogP contribution in [0, 0.1) is 5.82 Å². The minimum Gasteiger partial charge on any atom is -0.472 e. The number of hydrogen-bond acceptors (Lipinski definition) is 4. The maximum Gasteiger partial charge on any atom is 0.219 e. The molecule has 0 amide bonds. The third-order valence-corrected chi connectivity index (χ3v) is 2.84. The van der Waals surface area contributed by atoms with Crippen LogP contribution in [0.2, 0.25) is 0 Å². The minimum atomic E-state index is -0.479. The number of rotatable bonds is 4. The van der Waals surface area contributed by atoms with Gasteiger partial charge in [-0.15, -0.1) is 11.3 Å². The number of ether oxygens (including phenoxy) is 1. The lowest BCUT2D eigenvalue weighted by Gasteiger charge is -2.07. The van der Waals surface area contributed by atoms with Crippen molar-refractivity contribution in [2.45, 2.75) is 13.2 Å². The van der Waals surface area contributed by atoms with Crippen LogP contribution < -0.4 is 4.74 Å². The molecule has 2 heterocycles. The summed E-state index contributed by atoms with van der Waals surface area (Å²) in [4.78, 5) is 4.85. The van der Waals surface area contributed by atoms with Crippen molar-refractivity contribution in [3.05, 3.63) is 46.0 Å². The largest absolute Gasteiger partial charge is 0.472 e. The summed E-state index contributed by atoms with van der Waals surface area (Å²) in [5.41, 5.74) is 0.358. The van der Waals surface area contributed by atoms with Gasteiger partial charge >= 0.3 is 0 Å². The number of aromatic nitrogens is 1. The van der Waals surface area contributed by atoms with Gasteiger partial charge in [-0.1, -0.05) is 6.07 Å². The third kappa shape index (κ3) is 2.56. The summed E-state index contributed by atoms with van der Waals surface area (Å²) in [5, 5.41) is 11.0. The quantitative estimate of drug-likeness (QED) is 0.890. The molecule has 84 valence electrons. The fourth-order valence-electron chi connectivity index (χ4n) is 1.25. The second-order valence-corrected chi connectivity index (χ2v) is 4.18. The molecule has 2 aromatic heterocycles. The molecule has 0 aliphatic heterocycles. The van der Waals surface area contributed by atoms with E-state index in [-0.39, 0.29) is 12.5 Å². The molecule has 1 N–H and O–H groups in total. The molecule has 0 atom stereocenters. The van der Waals surface area contributed by atoms with Gasteiger partial charge in [0, 0.05) is 10.4 Å². The van der Waals surface area contributed by atoms with Crippen molar-refractivity contribution < 1.29 is 14.2 Å². The predicted molar refractivity (Wildman–Crippen MR) is 58.8 cm³/mol. The Balaban J connectivity index is 2.09. The predicted octanol–water partition coefficient (Wildman–Crippen LogP) is 2.35. The van der Waals surface area contributed by atoms with E-state index in [0.29, 0.717) is 12.2 Å². The number of thiophene rings is 1. The molecule has 3 nitrogen and oxygen atoms in total. The molecule has 2 aromatic rings. The summed E-state index contributed by atoms with van der Waals surface area (Å²) in [6.07, 6.45) is 1.07. The number of hydrogen-bond donors (Lipinski definition) is 1. The van der Waals surface area contributed by atoms with Gasteiger partial charge in [0.25, 0.3) is 0 Å². The minimum absolute atomic E-state index is 0.275. The average molecular weight is 239 g/mol. The topological polar surface area (TPSA) is 42.4 Å². The smallest absolute Gasteiger partial charge is 0.219 e. The number of aliphatic hydroxyl groups is 1. The molecular weight excluding hydrogens is 229 g/mol. The Hall–Kier alpha value is -1.46. The van der Waals surface area contributed by atoms with Crippen LogP contribution in [-0.2, 0) is 13.2 Å². The van der Waals surface area contributed by atoms with E-state index in [1.807, 2.05) is 17.5 Å². The van der Waals surface area contributed by atoms with E-state index >= 15 is 0 Å². The SMILES string of the molecule is OCc1cc(F)cnc1OCc1cccs1. The molecule has 0 bridgehead atoms. The van der Waals surface area contributed by atoms with Gasteiger partial charge in [0.15, 0.2) is 0 Å². The molecule has 16 heavy (non-hydrogen) atoms. The van der Waals surface area contributed by atoms with Gasteiger partial charge in [0.2, 0.25) is 5.88 Å². The Kier molecular flexibility index (Phi) is 3.48. The van der Waals surface area contributed by atoms with Crippen LogP contribution in [0.15, 0.2) is 29.8 Å². The van der Waals surface area contributed by atoms with Gasteiger partial charge in [-0.2, -0.15) is 0 Å². The number of aliphatic hydroxyl groups excluding tert-OH is 1. The van der Waals surface area contributed by atoms with Crippen LogP contribution in [0.1, 0.15) is 10.4 Å². The van der Waals surface area contributed by atoms with Crippen molar-refractivity contribution >= 4 is 11.3 Å².